The summed E-state index contributed by atoms with van der Waals surface area (Å²) < 4.78 is 1.21. The molecule has 0 amide bonds. The number of thiophene rings is 1. The highest BCUT2D eigenvalue weighted by atomic mass is 79.9. The highest BCUT2D eigenvalue weighted by Crippen LogP contribution is 2.24. The summed E-state index contributed by atoms with van der Waals surface area (Å²) >= 11 is 8.88. The Labute approximate surface area is 94.6 Å². The molecule has 0 aliphatic carbocycles. The topological polar surface area (TPSA) is 0 Å². The number of hydrogen-bond donors (Lipinski definition) is 0. The second-order valence-corrected chi connectivity index (χ2v) is 6.45. The van der Waals surface area contributed by atoms with E-state index in [0.29, 0.717) is 10.7 Å². The van der Waals surface area contributed by atoms with Crippen LogP contribution in [0.15, 0.2) is 15.9 Å². The first kappa shape index (κ1) is 10.7. The van der Waals surface area contributed by atoms with Crippen LogP contribution in [0.25, 0.3) is 0 Å². The summed E-state index contributed by atoms with van der Waals surface area (Å²) in [5.41, 5.74) is 0. The summed E-state index contributed by atoms with van der Waals surface area (Å²) in [4.78, 5) is 2.05. The van der Waals surface area contributed by atoms with Crippen molar-refractivity contribution in [1.82, 2.24) is 0 Å². The van der Waals surface area contributed by atoms with E-state index < -0.39 is 0 Å². The van der Waals surface area contributed by atoms with E-state index in [-0.39, 0.29) is 0 Å². The van der Waals surface area contributed by atoms with Crippen LogP contribution in [0.2, 0.25) is 0 Å². The molecule has 2 unspecified atom stereocenters. The first-order valence-electron chi connectivity index (χ1n) is 3.96. The lowest BCUT2D eigenvalue weighted by Gasteiger charge is -2.11. The zero-order chi connectivity index (χ0) is 9.14. The van der Waals surface area contributed by atoms with Crippen LogP contribution >= 0.6 is 43.2 Å². The Balaban J connectivity index is 2.52. The standard InChI is InChI=1S/C9H12Br2S/c1-6(7(2)10)3-9-4-8(11)5-12-9/h4-7H,3H2,1-2H3. The molecule has 1 aromatic rings. The van der Waals surface area contributed by atoms with Crippen molar-refractivity contribution in [1.29, 1.82) is 0 Å². The first-order valence-corrected chi connectivity index (χ1v) is 6.55. The van der Waals surface area contributed by atoms with Crippen LogP contribution in [0.3, 0.4) is 0 Å². The van der Waals surface area contributed by atoms with Gasteiger partial charge in [-0.15, -0.1) is 11.3 Å². The van der Waals surface area contributed by atoms with Crippen LogP contribution in [0.4, 0.5) is 0 Å². The third-order valence-corrected chi connectivity index (χ3v) is 4.55. The second-order valence-electron chi connectivity index (χ2n) is 3.09. The minimum atomic E-state index is 0.596. The monoisotopic (exact) mass is 310 g/mol. The summed E-state index contributed by atoms with van der Waals surface area (Å²) in [5.74, 6) is 0.704. The Hall–Kier alpha value is 0.660. The molecule has 2 atom stereocenters. The molecule has 0 saturated carbocycles. The molecule has 0 aromatic carbocycles. The van der Waals surface area contributed by atoms with Crippen molar-refractivity contribution in [3.63, 3.8) is 0 Å². The van der Waals surface area contributed by atoms with E-state index in [2.05, 4.69) is 57.2 Å². The minimum absolute atomic E-state index is 0.596. The predicted molar refractivity (Wildman–Crippen MR) is 63.3 cm³/mol. The van der Waals surface area contributed by atoms with Gasteiger partial charge in [-0.3, -0.25) is 0 Å². The van der Waals surface area contributed by atoms with E-state index in [0.717, 1.165) is 0 Å². The zero-order valence-electron chi connectivity index (χ0n) is 7.18. The van der Waals surface area contributed by atoms with E-state index in [1.165, 1.54) is 15.8 Å². The molecule has 0 fully saturated rings. The Morgan fingerprint density at radius 1 is 1.50 bits per heavy atom. The van der Waals surface area contributed by atoms with Crippen LogP contribution in [0.5, 0.6) is 0 Å². The summed E-state index contributed by atoms with van der Waals surface area (Å²) in [5, 5.41) is 2.14. The van der Waals surface area contributed by atoms with Gasteiger partial charge in [0, 0.05) is 19.6 Å². The largest absolute Gasteiger partial charge is 0.148 e. The van der Waals surface area contributed by atoms with Crippen molar-refractivity contribution in [2.75, 3.05) is 0 Å². The van der Waals surface area contributed by atoms with Crippen molar-refractivity contribution in [3.05, 3.63) is 20.8 Å². The normalized spacial score (nSPS) is 16.0. The van der Waals surface area contributed by atoms with E-state index >= 15 is 0 Å². The lowest BCUT2D eigenvalue weighted by molar-refractivity contribution is 0.586. The van der Waals surface area contributed by atoms with Gasteiger partial charge >= 0.3 is 0 Å². The maximum Gasteiger partial charge on any atom is 0.0285 e. The van der Waals surface area contributed by atoms with Gasteiger partial charge in [-0.25, -0.2) is 0 Å². The summed E-state index contributed by atoms with van der Waals surface area (Å²) in [6.07, 6.45) is 1.17. The lowest BCUT2D eigenvalue weighted by Crippen LogP contribution is -2.08. The average Bonchev–Trinajstić information content (AvgIpc) is 2.35. The Morgan fingerprint density at radius 3 is 2.58 bits per heavy atom. The van der Waals surface area contributed by atoms with E-state index in [4.69, 9.17) is 0 Å². The van der Waals surface area contributed by atoms with Crippen LogP contribution < -0.4 is 0 Å². The zero-order valence-corrected chi connectivity index (χ0v) is 11.2. The van der Waals surface area contributed by atoms with Gasteiger partial charge in [0.15, 0.2) is 0 Å². The highest BCUT2D eigenvalue weighted by Gasteiger charge is 2.10. The van der Waals surface area contributed by atoms with Crippen LogP contribution in [-0.2, 0) is 6.42 Å². The molecule has 0 aliphatic heterocycles. The molecule has 68 valence electrons. The third-order valence-electron chi connectivity index (χ3n) is 1.93. The molecule has 0 bridgehead atoms. The molecule has 0 spiro atoms. The molecule has 1 heterocycles. The van der Waals surface area contributed by atoms with Gasteiger partial charge in [0.25, 0.3) is 0 Å². The van der Waals surface area contributed by atoms with Crippen molar-refractivity contribution in [3.8, 4) is 0 Å². The minimum Gasteiger partial charge on any atom is -0.148 e. The number of alkyl halides is 1. The molecule has 1 aromatic heterocycles. The molecule has 0 radical (unpaired) electrons. The fourth-order valence-corrected chi connectivity index (χ4v) is 2.72. The van der Waals surface area contributed by atoms with E-state index in [1.54, 1.807) is 0 Å². The first-order chi connectivity index (χ1) is 5.59. The Morgan fingerprint density at radius 2 is 2.17 bits per heavy atom. The number of halogens is 2. The summed E-state index contributed by atoms with van der Waals surface area (Å²) in [6, 6.07) is 2.20. The molecular formula is C9H12Br2S. The summed E-state index contributed by atoms with van der Waals surface area (Å²) in [6.45, 7) is 4.47. The van der Waals surface area contributed by atoms with Gasteiger partial charge < -0.3 is 0 Å². The molecule has 3 heteroatoms. The molecular weight excluding hydrogens is 300 g/mol. The SMILES string of the molecule is CC(Br)C(C)Cc1cc(Br)cs1. The second kappa shape index (κ2) is 4.77. The summed E-state index contributed by atoms with van der Waals surface area (Å²) in [7, 11) is 0. The van der Waals surface area contributed by atoms with Crippen LogP contribution in [0, 0.1) is 5.92 Å². The lowest BCUT2D eigenvalue weighted by atomic mass is 10.0. The fraction of sp³-hybridized carbons (Fsp3) is 0.556. The van der Waals surface area contributed by atoms with Gasteiger partial charge in [0.05, 0.1) is 0 Å². The molecule has 0 saturated heterocycles. The third kappa shape index (κ3) is 3.19. The maximum absolute atomic E-state index is 3.60. The molecule has 0 N–H and O–H groups in total. The van der Waals surface area contributed by atoms with Crippen molar-refractivity contribution >= 4 is 43.2 Å². The average molecular weight is 312 g/mol. The van der Waals surface area contributed by atoms with Gasteiger partial charge in [-0.05, 0) is 34.3 Å². The Bertz CT molecular complexity index is 242. The van der Waals surface area contributed by atoms with Crippen LogP contribution in [-0.4, -0.2) is 4.83 Å². The quantitative estimate of drug-likeness (QED) is 0.722. The van der Waals surface area contributed by atoms with Crippen molar-refractivity contribution in [2.45, 2.75) is 25.1 Å². The maximum atomic E-state index is 3.60. The van der Waals surface area contributed by atoms with Crippen molar-refractivity contribution in [2.24, 2.45) is 5.92 Å². The van der Waals surface area contributed by atoms with E-state index in [9.17, 15) is 0 Å². The molecule has 1 rings (SSSR count). The molecule has 0 aliphatic rings. The molecule has 12 heavy (non-hydrogen) atoms. The smallest absolute Gasteiger partial charge is 0.0285 e. The Kier molecular flexibility index (Phi) is 4.27. The van der Waals surface area contributed by atoms with Gasteiger partial charge in [0.1, 0.15) is 0 Å². The van der Waals surface area contributed by atoms with Gasteiger partial charge in [-0.2, -0.15) is 0 Å². The highest BCUT2D eigenvalue weighted by molar-refractivity contribution is 9.10. The van der Waals surface area contributed by atoms with Gasteiger partial charge in [0.2, 0.25) is 0 Å². The predicted octanol–water partition coefficient (Wildman–Crippen LogP) is 4.47. The van der Waals surface area contributed by atoms with Crippen LogP contribution in [0.1, 0.15) is 18.7 Å². The number of rotatable bonds is 3. The van der Waals surface area contributed by atoms with E-state index in [1.807, 2.05) is 11.3 Å². The fourth-order valence-electron chi connectivity index (χ4n) is 0.941. The van der Waals surface area contributed by atoms with Gasteiger partial charge in [-0.1, -0.05) is 29.8 Å². The van der Waals surface area contributed by atoms with Crippen molar-refractivity contribution < 1.29 is 0 Å². The molecule has 0 nitrogen and oxygen atoms in total. The number of hydrogen-bond acceptors (Lipinski definition) is 1.